The van der Waals surface area contributed by atoms with Gasteiger partial charge in [0.1, 0.15) is 0 Å². The minimum Gasteiger partial charge on any atom is -0.396 e. The van der Waals surface area contributed by atoms with E-state index in [1.165, 1.54) is 21.3 Å². The maximum Gasteiger partial charge on any atom is 0.474 e. The van der Waals surface area contributed by atoms with Gasteiger partial charge in [-0.2, -0.15) is 0 Å². The molecule has 23 heteroatoms. The summed E-state index contributed by atoms with van der Waals surface area (Å²) in [6.07, 6.45) is 2.97. The average Bonchev–Trinajstić information content (AvgIpc) is 3.14. The lowest BCUT2D eigenvalue weighted by Crippen LogP contribution is -2.15. The van der Waals surface area contributed by atoms with E-state index in [4.69, 9.17) is 51.0 Å². The summed E-state index contributed by atoms with van der Waals surface area (Å²) in [5.74, 6) is 0.0663. The molecule has 0 fully saturated rings. The lowest BCUT2D eigenvalue weighted by atomic mass is 10.0. The van der Waals surface area contributed by atoms with Gasteiger partial charge >= 0.3 is 24.2 Å². The van der Waals surface area contributed by atoms with Crippen LogP contribution < -0.4 is 5.32 Å². The van der Waals surface area contributed by atoms with Gasteiger partial charge in [0.25, 0.3) is 0 Å². The minimum absolute atomic E-state index is 0.0431. The fourth-order valence-electron chi connectivity index (χ4n) is 2.94. The summed E-state index contributed by atoms with van der Waals surface area (Å²) >= 11 is 0. The number of unbranched alkanes of at least 4 members (excludes halogenated alkanes) is 1. The van der Waals surface area contributed by atoms with Gasteiger partial charge in [-0.05, 0) is 26.4 Å². The van der Waals surface area contributed by atoms with Gasteiger partial charge in [0.05, 0.1) is 85.9 Å². The molecule has 4 atom stereocenters. The number of rotatable bonds is 36. The van der Waals surface area contributed by atoms with Crippen LogP contribution in [0.1, 0.15) is 33.1 Å². The van der Waals surface area contributed by atoms with E-state index in [1.54, 1.807) is 7.11 Å². The second kappa shape index (κ2) is 42.4. The Morgan fingerprint density at radius 3 is 1.70 bits per heavy atom. The molecule has 0 aliphatic carbocycles. The highest BCUT2D eigenvalue weighted by Gasteiger charge is 2.22. The van der Waals surface area contributed by atoms with Crippen LogP contribution in [-0.2, 0) is 73.3 Å². The molecule has 3 N–H and O–H groups in total. The van der Waals surface area contributed by atoms with Crippen molar-refractivity contribution in [2.24, 2.45) is 5.92 Å². The lowest BCUT2D eigenvalue weighted by molar-refractivity contribution is 0.0204. The second-order valence-corrected chi connectivity index (χ2v) is 14.5. The van der Waals surface area contributed by atoms with Crippen molar-refractivity contribution in [2.45, 2.75) is 33.1 Å². The van der Waals surface area contributed by atoms with E-state index >= 15 is 0 Å². The molecule has 0 bridgehead atoms. The molecule has 0 saturated carbocycles. The molecule has 0 aromatic carbocycles. The van der Waals surface area contributed by atoms with Gasteiger partial charge in [0.2, 0.25) is 0 Å². The van der Waals surface area contributed by atoms with Crippen LogP contribution in [0.25, 0.3) is 0 Å². The van der Waals surface area contributed by atoms with Crippen molar-refractivity contribution < 1.29 is 83.3 Å². The van der Waals surface area contributed by atoms with E-state index < -0.39 is 24.2 Å². The largest absolute Gasteiger partial charge is 0.474 e. The van der Waals surface area contributed by atoms with Crippen molar-refractivity contribution in [1.82, 2.24) is 5.32 Å². The van der Waals surface area contributed by atoms with E-state index in [1.807, 2.05) is 20.9 Å². The fraction of sp³-hybridized carbons (Fsp3) is 1.00. The SMILES string of the molecule is CC.CNCCCCC(CO)COP(OC)OCCOCCOCCOP(=O)(O)OC.COPOCCOCCOCCOP(=O)(OC)OC. The molecule has 0 rings (SSSR count). The second-order valence-electron chi connectivity index (χ2n) is 8.90. The molecule has 0 aromatic rings. The predicted octanol–water partition coefficient (Wildman–Crippen LogP) is 4.32. The molecular weight excluding hydrogens is 750 g/mol. The number of nitrogens with one attached hydrogen (secondary N) is 1. The van der Waals surface area contributed by atoms with E-state index in [2.05, 4.69) is 23.4 Å². The molecule has 4 unspecified atom stereocenters. The van der Waals surface area contributed by atoms with Crippen molar-refractivity contribution in [3.63, 3.8) is 0 Å². The van der Waals surface area contributed by atoms with Gasteiger partial charge in [-0.15, -0.1) is 0 Å². The molecule has 0 aromatic heterocycles. The zero-order valence-electron chi connectivity index (χ0n) is 31.1. The van der Waals surface area contributed by atoms with Gasteiger partial charge in [-0.25, -0.2) is 9.13 Å². The number of hydrogen-bond acceptors (Lipinski definition) is 18. The summed E-state index contributed by atoms with van der Waals surface area (Å²) in [6, 6.07) is 0. The summed E-state index contributed by atoms with van der Waals surface area (Å²) in [7, 11) is -0.172. The van der Waals surface area contributed by atoms with Crippen LogP contribution in [-0.4, -0.2) is 152 Å². The maximum absolute atomic E-state index is 11.4. The Hall–Kier alpha value is 0.640. The highest BCUT2D eigenvalue weighted by Crippen LogP contribution is 2.47. The number of hydrogen-bond donors (Lipinski definition) is 3. The van der Waals surface area contributed by atoms with Crippen LogP contribution >= 0.6 is 33.3 Å². The van der Waals surface area contributed by atoms with Crippen LogP contribution in [0.3, 0.4) is 0 Å². The Bertz CT molecular complexity index is 760. The third kappa shape index (κ3) is 39.8. The van der Waals surface area contributed by atoms with Crippen LogP contribution in [0.5, 0.6) is 0 Å². The molecule has 0 heterocycles. The van der Waals surface area contributed by atoms with E-state index in [0.29, 0.717) is 59.5 Å². The van der Waals surface area contributed by atoms with E-state index in [0.717, 1.165) is 32.9 Å². The van der Waals surface area contributed by atoms with Crippen molar-refractivity contribution >= 4 is 33.3 Å². The topological polar surface area (TPSA) is 216 Å². The molecule has 0 saturated heterocycles. The van der Waals surface area contributed by atoms with Gasteiger partial charge in [-0.3, -0.25) is 22.6 Å². The molecule has 50 heavy (non-hydrogen) atoms. The lowest BCUT2D eigenvalue weighted by Gasteiger charge is -2.18. The third-order valence-corrected chi connectivity index (χ3v) is 9.29. The monoisotopic (exact) mass is 815 g/mol. The van der Waals surface area contributed by atoms with Crippen LogP contribution in [0.2, 0.25) is 0 Å². The average molecular weight is 816 g/mol. The first kappa shape index (κ1) is 55.0. The highest BCUT2D eigenvalue weighted by atomic mass is 31.2. The normalized spacial score (nSPS) is 14.1. The van der Waals surface area contributed by atoms with Crippen LogP contribution in [0.15, 0.2) is 0 Å². The molecule has 306 valence electrons. The number of phosphoric ester groups is 2. The van der Waals surface area contributed by atoms with Crippen molar-refractivity contribution in [3.05, 3.63) is 0 Å². The Balaban J connectivity index is -0.000000909. The molecule has 0 spiro atoms. The van der Waals surface area contributed by atoms with Crippen LogP contribution in [0.4, 0.5) is 0 Å². The molecule has 0 aliphatic rings. The van der Waals surface area contributed by atoms with Gasteiger partial charge in [-0.1, -0.05) is 20.3 Å². The summed E-state index contributed by atoms with van der Waals surface area (Å²) in [4.78, 5) is 9.01. The predicted molar refractivity (Wildman–Crippen MR) is 190 cm³/mol. The van der Waals surface area contributed by atoms with Gasteiger partial charge in [0.15, 0.2) is 9.03 Å². The Labute approximate surface area is 302 Å². The van der Waals surface area contributed by atoms with E-state index in [-0.39, 0.29) is 48.0 Å². The highest BCUT2D eigenvalue weighted by molar-refractivity contribution is 7.48. The van der Waals surface area contributed by atoms with Crippen molar-refractivity contribution in [1.29, 1.82) is 0 Å². The summed E-state index contributed by atoms with van der Waals surface area (Å²) in [5.41, 5.74) is 0. The van der Waals surface area contributed by atoms with Crippen molar-refractivity contribution in [2.75, 3.05) is 142 Å². The van der Waals surface area contributed by atoms with Crippen LogP contribution in [0, 0.1) is 5.92 Å². The summed E-state index contributed by atoms with van der Waals surface area (Å²) < 4.78 is 92.4. The Morgan fingerprint density at radius 1 is 0.700 bits per heavy atom. The molecule has 0 radical (unpaired) electrons. The zero-order valence-corrected chi connectivity index (χ0v) is 34.8. The molecule has 19 nitrogen and oxygen atoms in total. The minimum atomic E-state index is -3.95. The summed E-state index contributed by atoms with van der Waals surface area (Å²) in [6.45, 7) is 9.06. The number of aliphatic hydroxyl groups excluding tert-OH is 1. The number of phosphoric acid groups is 2. The molecular formula is C27H65NO18P4. The quantitative estimate of drug-likeness (QED) is 0.0593. The molecule has 0 aliphatic heterocycles. The number of aliphatic hydroxyl groups is 1. The maximum atomic E-state index is 11.4. The van der Waals surface area contributed by atoms with E-state index in [9.17, 15) is 14.2 Å². The first-order valence-corrected chi connectivity index (χ1v) is 21.0. The Morgan fingerprint density at radius 2 is 1.22 bits per heavy atom. The Kier molecular flexibility index (Phi) is 46.6. The smallest absolute Gasteiger partial charge is 0.396 e. The zero-order chi connectivity index (χ0) is 38.2. The fourth-order valence-corrected chi connectivity index (χ4v) is 5.13. The number of ether oxygens (including phenoxy) is 4. The summed E-state index contributed by atoms with van der Waals surface area (Å²) in [5, 5.41) is 12.5. The van der Waals surface area contributed by atoms with Crippen molar-refractivity contribution in [3.8, 4) is 0 Å². The standard InChI is InChI=1S/C16H37NO10P2.C9H22O8P2.C2H6/c1-17-7-5-4-6-16(14-18)15-26-28(21-2)25-12-10-23-8-9-24-11-13-27-29(19,20)22-3;1-11-18-16-8-6-14-4-5-15-7-9-17-19(10,12-2)13-3;1-2/h16-18H,4-15H2,1-3H3,(H,19,20);18H,4-9H2,1-3H3;1-2H3. The first-order valence-electron chi connectivity index (χ1n) is 16.1. The molecule has 0 amide bonds. The first-order chi connectivity index (χ1) is 24.2. The third-order valence-electron chi connectivity index (χ3n) is 5.39. The van der Waals surface area contributed by atoms with Gasteiger partial charge < -0.3 is 56.9 Å². The van der Waals surface area contributed by atoms with Gasteiger partial charge in [0, 0.05) is 48.1 Å².